The van der Waals surface area contributed by atoms with Crippen LogP contribution in [0.5, 0.6) is 0 Å². The molecule has 1 amide bonds. The predicted octanol–water partition coefficient (Wildman–Crippen LogP) is 1.37. The van der Waals surface area contributed by atoms with Crippen LogP contribution in [0, 0.1) is 5.92 Å². The lowest BCUT2D eigenvalue weighted by Gasteiger charge is -2.38. The normalized spacial score (nSPS) is 28.6. The van der Waals surface area contributed by atoms with Crippen LogP contribution in [-0.2, 0) is 9.53 Å². The molecule has 3 aliphatic rings. The average Bonchev–Trinajstić information content (AvgIpc) is 2.97. The van der Waals surface area contributed by atoms with E-state index in [1.165, 1.54) is 0 Å². The van der Waals surface area contributed by atoms with Crippen LogP contribution in [0.25, 0.3) is 0 Å². The Morgan fingerprint density at radius 2 is 1.79 bits per heavy atom. The third kappa shape index (κ3) is 5.36. The maximum atomic E-state index is 12.5. The van der Waals surface area contributed by atoms with Crippen LogP contribution in [0.1, 0.15) is 39.5 Å². The van der Waals surface area contributed by atoms with Gasteiger partial charge in [-0.2, -0.15) is 0 Å². The van der Waals surface area contributed by atoms with E-state index in [1.54, 1.807) is 0 Å². The van der Waals surface area contributed by atoms with Gasteiger partial charge in [-0.25, -0.2) is 4.79 Å². The summed E-state index contributed by atoms with van der Waals surface area (Å²) in [5, 5.41) is 8.77. The molecular weight excluding hydrogens is 360 g/mol. The fraction of sp³-hybridized carbons (Fsp3) is 0.900. The van der Waals surface area contributed by atoms with E-state index in [1.807, 2.05) is 4.90 Å². The number of nitrogens with zero attached hydrogens (tertiary/aromatic N) is 4. The van der Waals surface area contributed by atoms with Gasteiger partial charge in [-0.1, -0.05) is 6.92 Å². The van der Waals surface area contributed by atoms with E-state index in [0.717, 1.165) is 71.7 Å². The molecule has 3 saturated heterocycles. The topological polar surface area (TPSA) is 76.6 Å². The summed E-state index contributed by atoms with van der Waals surface area (Å²) >= 11 is 0. The second-order valence-corrected chi connectivity index (χ2v) is 8.42. The molecule has 0 aromatic rings. The molecule has 8 nitrogen and oxygen atoms in total. The number of rotatable bonds is 8. The van der Waals surface area contributed by atoms with Gasteiger partial charge in [0, 0.05) is 39.1 Å². The van der Waals surface area contributed by atoms with Crippen molar-refractivity contribution in [3.8, 4) is 0 Å². The fourth-order valence-corrected chi connectivity index (χ4v) is 4.67. The van der Waals surface area contributed by atoms with Crippen molar-refractivity contribution in [2.75, 3.05) is 58.9 Å². The van der Waals surface area contributed by atoms with E-state index in [9.17, 15) is 9.59 Å². The first-order valence-corrected chi connectivity index (χ1v) is 10.9. The largest absolute Gasteiger partial charge is 0.481 e. The maximum absolute atomic E-state index is 12.5. The molecule has 1 N–H and O–H groups in total. The summed E-state index contributed by atoms with van der Waals surface area (Å²) in [7, 11) is 0. The molecule has 3 rings (SSSR count). The van der Waals surface area contributed by atoms with Gasteiger partial charge in [0.1, 0.15) is 0 Å². The Morgan fingerprint density at radius 1 is 1.11 bits per heavy atom. The number of piperazine rings is 1. The molecule has 3 heterocycles. The SMILES string of the molecule is CCN1CCC(CN2C(=O)OC(N3CCN(CCCC(=O)O)CC3)C2C)CC1. The molecule has 8 heteroatoms. The van der Waals surface area contributed by atoms with Gasteiger partial charge in [0.15, 0.2) is 6.23 Å². The van der Waals surface area contributed by atoms with E-state index >= 15 is 0 Å². The van der Waals surface area contributed by atoms with Gasteiger partial charge >= 0.3 is 12.1 Å². The third-order valence-electron chi connectivity index (χ3n) is 6.60. The highest BCUT2D eigenvalue weighted by Gasteiger charge is 2.43. The summed E-state index contributed by atoms with van der Waals surface area (Å²) < 4.78 is 5.76. The van der Waals surface area contributed by atoms with Crippen LogP contribution in [0.15, 0.2) is 0 Å². The maximum Gasteiger partial charge on any atom is 0.411 e. The molecule has 160 valence electrons. The fourth-order valence-electron chi connectivity index (χ4n) is 4.67. The summed E-state index contributed by atoms with van der Waals surface area (Å²) in [5.74, 6) is -0.159. The number of hydrogen-bond acceptors (Lipinski definition) is 6. The number of amides is 1. The van der Waals surface area contributed by atoms with Gasteiger partial charge in [0.25, 0.3) is 0 Å². The number of carbonyl (C=O) groups is 2. The monoisotopic (exact) mass is 396 g/mol. The minimum atomic E-state index is -0.731. The quantitative estimate of drug-likeness (QED) is 0.664. The zero-order valence-electron chi connectivity index (χ0n) is 17.4. The molecular formula is C20H36N4O4. The number of likely N-dealkylation sites (tertiary alicyclic amines) is 1. The number of ether oxygens (including phenoxy) is 1. The number of carbonyl (C=O) groups excluding carboxylic acids is 1. The number of carboxylic acid groups (broad SMARTS) is 1. The molecule has 0 spiro atoms. The molecule has 0 aliphatic carbocycles. The van der Waals surface area contributed by atoms with Crippen LogP contribution >= 0.6 is 0 Å². The first kappa shape index (κ1) is 21.3. The number of aliphatic carboxylic acids is 1. The molecule has 3 fully saturated rings. The summed E-state index contributed by atoms with van der Waals surface area (Å²) in [6, 6.07) is 0.0789. The number of carboxylic acids is 1. The highest BCUT2D eigenvalue weighted by molar-refractivity contribution is 5.70. The van der Waals surface area contributed by atoms with Crippen molar-refractivity contribution >= 4 is 12.1 Å². The van der Waals surface area contributed by atoms with Crippen LogP contribution in [0.3, 0.4) is 0 Å². The van der Waals surface area contributed by atoms with Crippen LogP contribution in [0.2, 0.25) is 0 Å². The van der Waals surface area contributed by atoms with Gasteiger partial charge < -0.3 is 24.5 Å². The Morgan fingerprint density at radius 3 is 2.39 bits per heavy atom. The minimum Gasteiger partial charge on any atom is -0.481 e. The Bertz CT molecular complexity index is 530. The van der Waals surface area contributed by atoms with Crippen molar-refractivity contribution < 1.29 is 19.4 Å². The summed E-state index contributed by atoms with van der Waals surface area (Å²) in [5.41, 5.74) is 0. The van der Waals surface area contributed by atoms with Crippen LogP contribution < -0.4 is 0 Å². The average molecular weight is 397 g/mol. The van der Waals surface area contributed by atoms with Crippen LogP contribution in [0.4, 0.5) is 4.79 Å². The van der Waals surface area contributed by atoms with Gasteiger partial charge in [0.2, 0.25) is 0 Å². The van der Waals surface area contributed by atoms with E-state index < -0.39 is 5.97 Å². The van der Waals surface area contributed by atoms with E-state index in [-0.39, 0.29) is 24.8 Å². The van der Waals surface area contributed by atoms with Gasteiger partial charge in [-0.3, -0.25) is 9.69 Å². The standard InChI is InChI=1S/C20H36N4O4/c1-3-21-9-6-17(7-10-21)15-24-16(2)19(28-20(24)27)23-13-11-22(12-14-23)8-4-5-18(25)26/h16-17,19H,3-15H2,1-2H3,(H,25,26). The van der Waals surface area contributed by atoms with Crippen molar-refractivity contribution in [2.24, 2.45) is 5.92 Å². The van der Waals surface area contributed by atoms with Crippen molar-refractivity contribution in [1.82, 2.24) is 19.6 Å². The van der Waals surface area contributed by atoms with Crippen molar-refractivity contribution in [2.45, 2.75) is 51.8 Å². The lowest BCUT2D eigenvalue weighted by molar-refractivity contribution is -0.137. The predicted molar refractivity (Wildman–Crippen MR) is 106 cm³/mol. The lowest BCUT2D eigenvalue weighted by atomic mass is 9.96. The zero-order chi connectivity index (χ0) is 20.1. The Hall–Kier alpha value is -1.38. The number of cyclic esters (lactones) is 1. The van der Waals surface area contributed by atoms with Gasteiger partial charge in [0.05, 0.1) is 6.04 Å². The van der Waals surface area contributed by atoms with E-state index in [0.29, 0.717) is 12.3 Å². The summed E-state index contributed by atoms with van der Waals surface area (Å²) in [4.78, 5) is 32.2. The summed E-state index contributed by atoms with van der Waals surface area (Å²) in [6.07, 6.45) is 2.90. The molecule has 3 aliphatic heterocycles. The second kappa shape index (κ2) is 9.89. The van der Waals surface area contributed by atoms with Gasteiger partial charge in [-0.05, 0) is 58.3 Å². The Labute approximate surface area is 168 Å². The number of hydrogen-bond donors (Lipinski definition) is 1. The Balaban J connectivity index is 1.43. The third-order valence-corrected chi connectivity index (χ3v) is 6.60. The van der Waals surface area contributed by atoms with Crippen LogP contribution in [-0.4, -0.2) is 108 Å². The van der Waals surface area contributed by atoms with E-state index in [4.69, 9.17) is 9.84 Å². The molecule has 0 aromatic heterocycles. The first-order valence-electron chi connectivity index (χ1n) is 10.9. The summed E-state index contributed by atoms with van der Waals surface area (Å²) in [6.45, 7) is 12.8. The van der Waals surface area contributed by atoms with Gasteiger partial charge in [-0.15, -0.1) is 0 Å². The van der Waals surface area contributed by atoms with Crippen molar-refractivity contribution in [3.63, 3.8) is 0 Å². The molecule has 0 radical (unpaired) electrons. The number of piperidine rings is 1. The minimum absolute atomic E-state index is 0.0789. The molecule has 0 saturated carbocycles. The molecule has 0 bridgehead atoms. The zero-order valence-corrected chi connectivity index (χ0v) is 17.4. The molecule has 0 aromatic carbocycles. The molecule has 2 unspecified atom stereocenters. The molecule has 2 atom stereocenters. The Kier molecular flexibility index (Phi) is 7.54. The highest BCUT2D eigenvalue weighted by atomic mass is 16.6. The smallest absolute Gasteiger partial charge is 0.411 e. The second-order valence-electron chi connectivity index (χ2n) is 8.42. The van der Waals surface area contributed by atoms with Crippen molar-refractivity contribution in [1.29, 1.82) is 0 Å². The highest BCUT2D eigenvalue weighted by Crippen LogP contribution is 2.27. The lowest BCUT2D eigenvalue weighted by Crippen LogP contribution is -2.54. The molecule has 28 heavy (non-hydrogen) atoms. The van der Waals surface area contributed by atoms with E-state index in [2.05, 4.69) is 28.5 Å². The van der Waals surface area contributed by atoms with Crippen molar-refractivity contribution in [3.05, 3.63) is 0 Å². The first-order chi connectivity index (χ1) is 13.5.